The van der Waals surface area contributed by atoms with E-state index in [9.17, 15) is 13.2 Å². The number of carboxylic acids is 1. The first-order valence-corrected chi connectivity index (χ1v) is 8.00. The van der Waals surface area contributed by atoms with Gasteiger partial charge < -0.3 is 5.11 Å². The van der Waals surface area contributed by atoms with E-state index >= 15 is 0 Å². The highest BCUT2D eigenvalue weighted by Crippen LogP contribution is 2.21. The largest absolute Gasteiger partial charge is 0.477 e. The monoisotopic (exact) mass is 315 g/mol. The Morgan fingerprint density at radius 3 is 2.75 bits per heavy atom. The number of nitrogens with zero attached hydrogens (tertiary/aromatic N) is 2. The minimum absolute atomic E-state index is 0.0000869. The smallest absolute Gasteiger partial charge is 0.345 e. The molecule has 0 aromatic carbocycles. The maximum atomic E-state index is 12.0. The summed E-state index contributed by atoms with van der Waals surface area (Å²) in [6.07, 6.45) is 2.15. The van der Waals surface area contributed by atoms with Gasteiger partial charge in [0.25, 0.3) is 0 Å². The average Bonchev–Trinajstić information content (AvgIpc) is 2.99. The summed E-state index contributed by atoms with van der Waals surface area (Å²) in [5, 5.41) is 12.8. The molecule has 0 unspecified atom stereocenters. The fourth-order valence-corrected chi connectivity index (χ4v) is 3.83. The van der Waals surface area contributed by atoms with Gasteiger partial charge in [0.2, 0.25) is 10.0 Å². The molecule has 0 aliphatic heterocycles. The van der Waals surface area contributed by atoms with Crippen LogP contribution in [0.4, 0.5) is 0 Å². The van der Waals surface area contributed by atoms with Gasteiger partial charge in [-0.15, -0.1) is 11.3 Å². The molecule has 0 amide bonds. The normalized spacial score (nSPS) is 11.7. The predicted octanol–water partition coefficient (Wildman–Crippen LogP) is 0.701. The second-order valence-electron chi connectivity index (χ2n) is 4.02. The van der Waals surface area contributed by atoms with Crippen LogP contribution in [-0.4, -0.2) is 35.8 Å². The number of sulfonamides is 1. The topological polar surface area (TPSA) is 101 Å². The van der Waals surface area contributed by atoms with Crippen molar-refractivity contribution in [1.29, 1.82) is 0 Å². The average molecular weight is 315 g/mol. The molecule has 0 aliphatic rings. The SMILES string of the molecule is Cn1nccc1CCNS(=O)(=O)c1ccc(C(=O)O)s1. The number of aromatic nitrogens is 2. The van der Waals surface area contributed by atoms with E-state index in [-0.39, 0.29) is 15.6 Å². The second kappa shape index (κ2) is 5.73. The van der Waals surface area contributed by atoms with Gasteiger partial charge in [-0.3, -0.25) is 4.68 Å². The molecule has 0 spiro atoms. The van der Waals surface area contributed by atoms with Crippen molar-refractivity contribution in [3.63, 3.8) is 0 Å². The molecular weight excluding hydrogens is 302 g/mol. The third-order valence-electron chi connectivity index (χ3n) is 2.65. The molecule has 108 valence electrons. The van der Waals surface area contributed by atoms with Gasteiger partial charge in [0.05, 0.1) is 0 Å². The minimum atomic E-state index is -3.66. The molecular formula is C11H13N3O4S2. The van der Waals surface area contributed by atoms with E-state index in [4.69, 9.17) is 5.11 Å². The summed E-state index contributed by atoms with van der Waals surface area (Å²) < 4.78 is 28.0. The van der Waals surface area contributed by atoms with E-state index in [0.717, 1.165) is 17.0 Å². The molecule has 0 saturated heterocycles. The number of hydrogen-bond acceptors (Lipinski definition) is 5. The van der Waals surface area contributed by atoms with Crippen molar-refractivity contribution in [2.75, 3.05) is 6.54 Å². The van der Waals surface area contributed by atoms with Gasteiger partial charge in [-0.25, -0.2) is 17.9 Å². The highest BCUT2D eigenvalue weighted by atomic mass is 32.2. The van der Waals surface area contributed by atoms with E-state index < -0.39 is 16.0 Å². The van der Waals surface area contributed by atoms with Crippen LogP contribution in [-0.2, 0) is 23.5 Å². The van der Waals surface area contributed by atoms with Gasteiger partial charge in [-0.05, 0) is 18.2 Å². The third-order valence-corrected chi connectivity index (χ3v) is 5.68. The summed E-state index contributed by atoms with van der Waals surface area (Å²) in [6.45, 7) is 0.224. The lowest BCUT2D eigenvalue weighted by Gasteiger charge is -2.05. The molecule has 2 heterocycles. The zero-order chi connectivity index (χ0) is 14.8. The van der Waals surface area contributed by atoms with Crippen LogP contribution in [0.2, 0.25) is 0 Å². The van der Waals surface area contributed by atoms with E-state index in [1.54, 1.807) is 17.9 Å². The number of carbonyl (C=O) groups is 1. The van der Waals surface area contributed by atoms with Crippen molar-refractivity contribution in [3.8, 4) is 0 Å². The summed E-state index contributed by atoms with van der Waals surface area (Å²) in [4.78, 5) is 10.7. The van der Waals surface area contributed by atoms with Crippen LogP contribution in [0.1, 0.15) is 15.4 Å². The molecule has 2 aromatic heterocycles. The Bertz CT molecular complexity index is 718. The molecule has 2 N–H and O–H groups in total. The molecule has 0 fully saturated rings. The van der Waals surface area contributed by atoms with Gasteiger partial charge in [0.15, 0.2) is 0 Å². The van der Waals surface area contributed by atoms with Gasteiger partial charge >= 0.3 is 5.97 Å². The Morgan fingerprint density at radius 1 is 1.45 bits per heavy atom. The Morgan fingerprint density at radius 2 is 2.20 bits per heavy atom. The molecule has 0 saturated carbocycles. The van der Waals surface area contributed by atoms with E-state index in [1.807, 2.05) is 6.07 Å². The van der Waals surface area contributed by atoms with Crippen molar-refractivity contribution >= 4 is 27.3 Å². The summed E-state index contributed by atoms with van der Waals surface area (Å²) in [7, 11) is -1.88. The van der Waals surface area contributed by atoms with E-state index in [0.29, 0.717) is 6.42 Å². The molecule has 20 heavy (non-hydrogen) atoms. The molecule has 0 aliphatic carbocycles. The second-order valence-corrected chi connectivity index (χ2v) is 7.10. The zero-order valence-electron chi connectivity index (χ0n) is 10.6. The van der Waals surface area contributed by atoms with Gasteiger partial charge in [0, 0.05) is 31.9 Å². The van der Waals surface area contributed by atoms with Crippen molar-refractivity contribution in [2.24, 2.45) is 7.05 Å². The Hall–Kier alpha value is -1.71. The van der Waals surface area contributed by atoms with Crippen molar-refractivity contribution < 1.29 is 18.3 Å². The predicted molar refractivity (Wildman–Crippen MR) is 73.4 cm³/mol. The molecule has 7 nitrogen and oxygen atoms in total. The maximum absolute atomic E-state index is 12.0. The first-order valence-electron chi connectivity index (χ1n) is 5.70. The van der Waals surface area contributed by atoms with E-state index in [1.165, 1.54) is 12.1 Å². The van der Waals surface area contributed by atoms with E-state index in [2.05, 4.69) is 9.82 Å². The Balaban J connectivity index is 2.00. The highest BCUT2D eigenvalue weighted by molar-refractivity contribution is 7.91. The zero-order valence-corrected chi connectivity index (χ0v) is 12.2. The lowest BCUT2D eigenvalue weighted by Crippen LogP contribution is -2.25. The van der Waals surface area contributed by atoms with Crippen LogP contribution in [0.15, 0.2) is 28.6 Å². The van der Waals surface area contributed by atoms with Gasteiger partial charge in [0.1, 0.15) is 9.09 Å². The first kappa shape index (κ1) is 14.7. The highest BCUT2D eigenvalue weighted by Gasteiger charge is 2.18. The van der Waals surface area contributed by atoms with Crippen molar-refractivity contribution in [2.45, 2.75) is 10.6 Å². The van der Waals surface area contributed by atoms with Crippen LogP contribution in [0.25, 0.3) is 0 Å². The number of hydrogen-bond donors (Lipinski definition) is 2. The number of rotatable bonds is 6. The lowest BCUT2D eigenvalue weighted by atomic mass is 10.3. The lowest BCUT2D eigenvalue weighted by molar-refractivity contribution is 0.0702. The summed E-state index contributed by atoms with van der Waals surface area (Å²) in [5.74, 6) is -1.13. The summed E-state index contributed by atoms with van der Waals surface area (Å²) in [5.41, 5.74) is 0.908. The van der Waals surface area contributed by atoms with Crippen molar-refractivity contribution in [1.82, 2.24) is 14.5 Å². The third kappa shape index (κ3) is 3.24. The quantitative estimate of drug-likeness (QED) is 0.817. The number of nitrogens with one attached hydrogen (secondary N) is 1. The fraction of sp³-hybridized carbons (Fsp3) is 0.273. The molecule has 0 atom stereocenters. The maximum Gasteiger partial charge on any atom is 0.345 e. The van der Waals surface area contributed by atoms with Crippen LogP contribution >= 0.6 is 11.3 Å². The molecule has 0 radical (unpaired) electrons. The van der Waals surface area contributed by atoms with Crippen molar-refractivity contribution in [3.05, 3.63) is 35.0 Å². The molecule has 0 bridgehead atoms. The van der Waals surface area contributed by atoms with Gasteiger partial charge in [-0.1, -0.05) is 0 Å². The molecule has 2 rings (SSSR count). The number of aryl methyl sites for hydroxylation is 1. The number of carboxylic acid groups (broad SMARTS) is 1. The van der Waals surface area contributed by atoms with Gasteiger partial charge in [-0.2, -0.15) is 5.10 Å². The minimum Gasteiger partial charge on any atom is -0.477 e. The number of thiophene rings is 1. The Kier molecular flexibility index (Phi) is 4.21. The first-order chi connectivity index (χ1) is 9.40. The Labute approximate surface area is 119 Å². The standard InChI is InChI=1S/C11H13N3O4S2/c1-14-8(4-6-12-14)5-7-13-20(17,18)10-3-2-9(19-10)11(15)16/h2-4,6,13H,5,7H2,1H3,(H,15,16). The number of aromatic carboxylic acids is 1. The molecule has 9 heteroatoms. The fourth-order valence-electron chi connectivity index (χ4n) is 1.61. The van der Waals surface area contributed by atoms with Crippen LogP contribution < -0.4 is 4.72 Å². The molecule has 2 aromatic rings. The summed E-state index contributed by atoms with van der Waals surface area (Å²) >= 11 is 0.731. The van der Waals surface area contributed by atoms with Crippen LogP contribution in [0.5, 0.6) is 0 Å². The summed E-state index contributed by atoms with van der Waals surface area (Å²) in [6, 6.07) is 4.38. The van der Waals surface area contributed by atoms with Crippen LogP contribution in [0, 0.1) is 0 Å². The van der Waals surface area contributed by atoms with Crippen LogP contribution in [0.3, 0.4) is 0 Å².